The van der Waals surface area contributed by atoms with Gasteiger partial charge < -0.3 is 10.5 Å². The summed E-state index contributed by atoms with van der Waals surface area (Å²) in [6.07, 6.45) is -0.0265. The zero-order chi connectivity index (χ0) is 12.8. The molecule has 2 aliphatic rings. The third kappa shape index (κ3) is 1.48. The Kier molecular flexibility index (Phi) is 2.15. The van der Waals surface area contributed by atoms with Crippen LogP contribution in [0.4, 0.5) is 0 Å². The van der Waals surface area contributed by atoms with E-state index >= 15 is 0 Å². The number of fused-ring (bicyclic) bond motifs is 3. The Labute approximate surface area is 111 Å². The third-order valence-corrected chi connectivity index (χ3v) is 3.97. The van der Waals surface area contributed by atoms with Crippen molar-refractivity contribution >= 4 is 6.02 Å². The smallest absolute Gasteiger partial charge is 0.283 e. The van der Waals surface area contributed by atoms with E-state index in [4.69, 9.17) is 10.5 Å². The maximum Gasteiger partial charge on any atom is 0.283 e. The zero-order valence-corrected chi connectivity index (χ0v) is 10.4. The highest BCUT2D eigenvalue weighted by Gasteiger charge is 2.46. The van der Waals surface area contributed by atoms with Gasteiger partial charge in [0.25, 0.3) is 6.02 Å². The molecular weight excluding hydrogens is 236 g/mol. The first-order valence-corrected chi connectivity index (χ1v) is 6.48. The van der Waals surface area contributed by atoms with Crippen molar-refractivity contribution in [2.24, 2.45) is 10.7 Å². The number of benzene rings is 2. The van der Waals surface area contributed by atoms with Gasteiger partial charge in [0.1, 0.15) is 6.04 Å². The first kappa shape index (κ1) is 10.6. The summed E-state index contributed by atoms with van der Waals surface area (Å²) in [6.45, 7) is 0. The first-order chi connectivity index (χ1) is 9.34. The van der Waals surface area contributed by atoms with E-state index in [2.05, 4.69) is 47.5 Å². The van der Waals surface area contributed by atoms with Crippen molar-refractivity contribution in [3.05, 3.63) is 71.3 Å². The van der Waals surface area contributed by atoms with E-state index in [9.17, 15) is 0 Å². The Balaban J connectivity index is 1.89. The molecule has 1 heterocycles. The topological polar surface area (TPSA) is 47.6 Å². The van der Waals surface area contributed by atoms with Gasteiger partial charge in [0, 0.05) is 5.92 Å². The summed E-state index contributed by atoms with van der Waals surface area (Å²) in [6, 6.07) is 19.2. The highest BCUT2D eigenvalue weighted by molar-refractivity contribution is 5.75. The van der Waals surface area contributed by atoms with Crippen LogP contribution in [0.1, 0.15) is 28.7 Å². The van der Waals surface area contributed by atoms with Crippen LogP contribution in [0, 0.1) is 0 Å². The van der Waals surface area contributed by atoms with Crippen LogP contribution in [0.3, 0.4) is 0 Å². The number of hydrogen-bond donors (Lipinski definition) is 1. The number of ether oxygens (including phenoxy) is 1. The molecule has 0 aromatic heterocycles. The molecule has 0 spiro atoms. The van der Waals surface area contributed by atoms with E-state index in [1.807, 2.05) is 12.1 Å². The predicted octanol–water partition coefficient (Wildman–Crippen LogP) is 2.59. The number of aliphatic imine (C=N–C) groups is 1. The minimum absolute atomic E-state index is 0.0265. The fourth-order valence-corrected chi connectivity index (χ4v) is 3.22. The molecule has 94 valence electrons. The van der Waals surface area contributed by atoms with E-state index in [0.29, 0.717) is 6.02 Å². The molecule has 1 aliphatic carbocycles. The minimum atomic E-state index is -0.0265. The molecule has 2 aromatic rings. The lowest BCUT2D eigenvalue weighted by Crippen LogP contribution is -2.14. The molecule has 1 aliphatic heterocycles. The summed E-state index contributed by atoms with van der Waals surface area (Å²) < 4.78 is 5.69. The standard InChI is InChI=1S/C16H14N2O/c17-16-18-14-13(10-6-2-1-3-7-10)11-8-4-5-9-12(11)15(14)19-16/h1-9,13-15H,(H2,17,18). The van der Waals surface area contributed by atoms with E-state index in [-0.39, 0.29) is 18.1 Å². The van der Waals surface area contributed by atoms with Crippen LogP contribution in [0.15, 0.2) is 59.6 Å². The van der Waals surface area contributed by atoms with Crippen molar-refractivity contribution in [3.63, 3.8) is 0 Å². The number of hydrogen-bond acceptors (Lipinski definition) is 3. The average Bonchev–Trinajstić information content (AvgIpc) is 2.95. The van der Waals surface area contributed by atoms with Gasteiger partial charge in [-0.25, -0.2) is 4.99 Å². The summed E-state index contributed by atoms with van der Waals surface area (Å²) in [7, 11) is 0. The van der Waals surface area contributed by atoms with Gasteiger partial charge in [0.05, 0.1) is 0 Å². The summed E-state index contributed by atoms with van der Waals surface area (Å²) in [4.78, 5) is 4.50. The second kappa shape index (κ2) is 3.85. The van der Waals surface area contributed by atoms with Gasteiger partial charge in [-0.3, -0.25) is 0 Å². The lowest BCUT2D eigenvalue weighted by Gasteiger charge is -2.16. The van der Waals surface area contributed by atoms with E-state index in [1.165, 1.54) is 16.7 Å². The number of nitrogens with two attached hydrogens (primary N) is 1. The van der Waals surface area contributed by atoms with Crippen LogP contribution in [-0.2, 0) is 4.74 Å². The van der Waals surface area contributed by atoms with Gasteiger partial charge >= 0.3 is 0 Å². The Hall–Kier alpha value is -2.29. The molecule has 0 saturated heterocycles. The van der Waals surface area contributed by atoms with Crippen molar-refractivity contribution < 1.29 is 4.74 Å². The van der Waals surface area contributed by atoms with Gasteiger partial charge in [-0.05, 0) is 16.7 Å². The quantitative estimate of drug-likeness (QED) is 0.845. The van der Waals surface area contributed by atoms with Gasteiger partial charge in [0.2, 0.25) is 0 Å². The minimum Gasteiger partial charge on any atom is -0.455 e. The lowest BCUT2D eigenvalue weighted by atomic mass is 9.90. The summed E-state index contributed by atoms with van der Waals surface area (Å²) in [5.74, 6) is 0.239. The summed E-state index contributed by atoms with van der Waals surface area (Å²) in [5, 5.41) is 0. The van der Waals surface area contributed by atoms with Gasteiger partial charge in [-0.1, -0.05) is 54.6 Å². The second-order valence-electron chi connectivity index (χ2n) is 5.01. The number of rotatable bonds is 1. The molecule has 4 rings (SSSR count). The molecule has 3 unspecified atom stereocenters. The van der Waals surface area contributed by atoms with E-state index in [1.54, 1.807) is 0 Å². The van der Waals surface area contributed by atoms with Gasteiger partial charge in [0.15, 0.2) is 6.10 Å². The Morgan fingerprint density at radius 1 is 0.895 bits per heavy atom. The average molecular weight is 250 g/mol. The zero-order valence-electron chi connectivity index (χ0n) is 10.4. The SMILES string of the molecule is NC1=NC2C(O1)c1ccccc1C2c1ccccc1. The molecular formula is C16H14N2O. The fourth-order valence-electron chi connectivity index (χ4n) is 3.22. The Morgan fingerprint density at radius 2 is 1.58 bits per heavy atom. The monoisotopic (exact) mass is 250 g/mol. The molecule has 2 aromatic carbocycles. The molecule has 3 atom stereocenters. The molecule has 0 saturated carbocycles. The van der Waals surface area contributed by atoms with Crippen LogP contribution < -0.4 is 5.73 Å². The molecule has 0 radical (unpaired) electrons. The number of amidine groups is 1. The van der Waals surface area contributed by atoms with Crippen molar-refractivity contribution in [3.8, 4) is 0 Å². The Morgan fingerprint density at radius 3 is 2.37 bits per heavy atom. The van der Waals surface area contributed by atoms with E-state index < -0.39 is 0 Å². The first-order valence-electron chi connectivity index (χ1n) is 6.48. The largest absolute Gasteiger partial charge is 0.455 e. The maximum atomic E-state index is 5.75. The molecule has 3 nitrogen and oxygen atoms in total. The van der Waals surface area contributed by atoms with Crippen molar-refractivity contribution in [2.75, 3.05) is 0 Å². The van der Waals surface area contributed by atoms with Crippen molar-refractivity contribution in [2.45, 2.75) is 18.1 Å². The molecule has 2 N–H and O–H groups in total. The summed E-state index contributed by atoms with van der Waals surface area (Å²) >= 11 is 0. The van der Waals surface area contributed by atoms with Crippen LogP contribution in [-0.4, -0.2) is 12.1 Å². The predicted molar refractivity (Wildman–Crippen MR) is 74.0 cm³/mol. The normalized spacial score (nSPS) is 27.4. The number of nitrogens with zero attached hydrogens (tertiary/aromatic N) is 1. The fraction of sp³-hybridized carbons (Fsp3) is 0.188. The van der Waals surface area contributed by atoms with Crippen molar-refractivity contribution in [1.82, 2.24) is 0 Å². The van der Waals surface area contributed by atoms with Crippen LogP contribution in [0.25, 0.3) is 0 Å². The van der Waals surface area contributed by atoms with Crippen LogP contribution >= 0.6 is 0 Å². The van der Waals surface area contributed by atoms with E-state index in [0.717, 1.165) is 0 Å². The lowest BCUT2D eigenvalue weighted by molar-refractivity contribution is 0.201. The van der Waals surface area contributed by atoms with Crippen molar-refractivity contribution in [1.29, 1.82) is 0 Å². The third-order valence-electron chi connectivity index (χ3n) is 3.97. The molecule has 0 amide bonds. The second-order valence-corrected chi connectivity index (χ2v) is 5.01. The highest BCUT2D eigenvalue weighted by Crippen LogP contribution is 2.49. The van der Waals surface area contributed by atoms with Gasteiger partial charge in [-0.2, -0.15) is 0 Å². The maximum absolute atomic E-state index is 5.75. The Bertz CT molecular complexity index is 651. The van der Waals surface area contributed by atoms with Gasteiger partial charge in [-0.15, -0.1) is 0 Å². The van der Waals surface area contributed by atoms with Crippen LogP contribution in [0.2, 0.25) is 0 Å². The molecule has 19 heavy (non-hydrogen) atoms. The molecule has 3 heteroatoms. The molecule has 0 fully saturated rings. The van der Waals surface area contributed by atoms with Crippen LogP contribution in [0.5, 0.6) is 0 Å². The highest BCUT2D eigenvalue weighted by atomic mass is 16.5. The summed E-state index contributed by atoms with van der Waals surface area (Å²) in [5.41, 5.74) is 9.54. The molecule has 0 bridgehead atoms.